The van der Waals surface area contributed by atoms with E-state index in [0.29, 0.717) is 28.3 Å². The zero-order valence-corrected chi connectivity index (χ0v) is 16.8. The standard InChI is InChI=1S/C25H19NO5/c1-30-18-12-13-21-19(14-18)25(24(29)31-21,16-8-4-2-5-9-16)20-15-22(27)26(23(20)28)17-10-6-3-7-11-17/h2-14,20H,15H2,1H3/t20-,25+/m1/s1. The highest BCUT2D eigenvalue weighted by Gasteiger charge is 2.62. The Labute approximate surface area is 179 Å². The molecule has 5 rings (SSSR count). The van der Waals surface area contributed by atoms with Gasteiger partial charge >= 0.3 is 5.97 Å². The molecule has 2 atom stereocenters. The molecule has 0 N–H and O–H groups in total. The molecule has 0 aliphatic carbocycles. The summed E-state index contributed by atoms with van der Waals surface area (Å²) in [6.45, 7) is 0. The van der Waals surface area contributed by atoms with E-state index in [2.05, 4.69) is 0 Å². The summed E-state index contributed by atoms with van der Waals surface area (Å²) < 4.78 is 11.0. The molecule has 31 heavy (non-hydrogen) atoms. The minimum Gasteiger partial charge on any atom is -0.497 e. The number of esters is 1. The predicted octanol–water partition coefficient (Wildman–Crippen LogP) is 3.48. The molecule has 0 spiro atoms. The van der Waals surface area contributed by atoms with Crippen LogP contribution in [0.15, 0.2) is 78.9 Å². The van der Waals surface area contributed by atoms with Crippen LogP contribution in [0.4, 0.5) is 5.69 Å². The van der Waals surface area contributed by atoms with Gasteiger partial charge in [-0.3, -0.25) is 19.3 Å². The molecule has 2 heterocycles. The molecule has 6 heteroatoms. The van der Waals surface area contributed by atoms with Crippen LogP contribution in [0.2, 0.25) is 0 Å². The lowest BCUT2D eigenvalue weighted by Gasteiger charge is -2.31. The minimum absolute atomic E-state index is 0.103. The fraction of sp³-hybridized carbons (Fsp3) is 0.160. The summed E-state index contributed by atoms with van der Waals surface area (Å²) in [6, 6.07) is 22.9. The molecule has 0 bridgehead atoms. The second-order valence-corrected chi connectivity index (χ2v) is 7.59. The zero-order chi connectivity index (χ0) is 21.6. The minimum atomic E-state index is -1.44. The van der Waals surface area contributed by atoms with Crippen LogP contribution >= 0.6 is 0 Å². The monoisotopic (exact) mass is 413 g/mol. The van der Waals surface area contributed by atoms with Crippen molar-refractivity contribution in [2.24, 2.45) is 5.92 Å². The molecule has 0 saturated carbocycles. The van der Waals surface area contributed by atoms with Gasteiger partial charge < -0.3 is 9.47 Å². The van der Waals surface area contributed by atoms with Crippen molar-refractivity contribution in [3.05, 3.63) is 90.0 Å². The van der Waals surface area contributed by atoms with E-state index in [1.807, 2.05) is 12.1 Å². The van der Waals surface area contributed by atoms with E-state index in [1.165, 1.54) is 12.0 Å². The molecule has 0 radical (unpaired) electrons. The van der Waals surface area contributed by atoms with Crippen molar-refractivity contribution in [2.45, 2.75) is 11.8 Å². The predicted molar refractivity (Wildman–Crippen MR) is 113 cm³/mol. The van der Waals surface area contributed by atoms with E-state index in [0.717, 1.165) is 0 Å². The summed E-state index contributed by atoms with van der Waals surface area (Å²) in [5, 5.41) is 0. The Kier molecular flexibility index (Phi) is 4.36. The Morgan fingerprint density at radius 3 is 2.29 bits per heavy atom. The molecule has 2 aliphatic heterocycles. The van der Waals surface area contributed by atoms with Gasteiger partial charge in [-0.25, -0.2) is 0 Å². The number of amides is 2. The van der Waals surface area contributed by atoms with Crippen LogP contribution in [-0.2, 0) is 19.8 Å². The lowest BCUT2D eigenvalue weighted by Crippen LogP contribution is -2.46. The molecular weight excluding hydrogens is 394 g/mol. The van der Waals surface area contributed by atoms with Crippen molar-refractivity contribution in [3.63, 3.8) is 0 Å². The van der Waals surface area contributed by atoms with Crippen LogP contribution in [0.1, 0.15) is 17.5 Å². The molecule has 3 aromatic carbocycles. The molecule has 1 fully saturated rings. The van der Waals surface area contributed by atoms with Crippen molar-refractivity contribution < 1.29 is 23.9 Å². The van der Waals surface area contributed by atoms with Gasteiger partial charge in [0, 0.05) is 12.0 Å². The van der Waals surface area contributed by atoms with E-state index in [-0.39, 0.29) is 12.3 Å². The van der Waals surface area contributed by atoms with E-state index in [9.17, 15) is 14.4 Å². The molecule has 2 aliphatic rings. The van der Waals surface area contributed by atoms with Gasteiger partial charge in [0.15, 0.2) is 0 Å². The van der Waals surface area contributed by atoms with Crippen molar-refractivity contribution in [2.75, 3.05) is 12.0 Å². The number of hydrogen-bond donors (Lipinski definition) is 0. The number of ether oxygens (including phenoxy) is 2. The topological polar surface area (TPSA) is 72.9 Å². The number of hydrogen-bond acceptors (Lipinski definition) is 5. The maximum absolute atomic E-state index is 13.7. The largest absolute Gasteiger partial charge is 0.497 e. The van der Waals surface area contributed by atoms with Crippen molar-refractivity contribution >= 4 is 23.5 Å². The summed E-state index contributed by atoms with van der Waals surface area (Å²) in [5.41, 5.74) is 0.180. The SMILES string of the molecule is COc1ccc2c(c1)[C@@](c1ccccc1)([C@@H]1CC(=O)N(c3ccccc3)C1=O)C(=O)O2. The second-order valence-electron chi connectivity index (χ2n) is 7.59. The van der Waals surface area contributed by atoms with Gasteiger partial charge in [-0.05, 0) is 35.9 Å². The lowest BCUT2D eigenvalue weighted by atomic mass is 9.65. The molecule has 2 amide bonds. The second kappa shape index (κ2) is 7.09. The molecule has 3 aromatic rings. The van der Waals surface area contributed by atoms with Crippen LogP contribution in [0.3, 0.4) is 0 Å². The fourth-order valence-electron chi connectivity index (χ4n) is 4.65. The Balaban J connectivity index is 1.73. The van der Waals surface area contributed by atoms with Crippen LogP contribution in [0, 0.1) is 5.92 Å². The maximum Gasteiger partial charge on any atom is 0.327 e. The normalized spacial score (nSPS) is 22.4. The van der Waals surface area contributed by atoms with Gasteiger partial charge in [0.1, 0.15) is 16.9 Å². The maximum atomic E-state index is 13.7. The average molecular weight is 413 g/mol. The highest BCUT2D eigenvalue weighted by atomic mass is 16.5. The smallest absolute Gasteiger partial charge is 0.327 e. The number of anilines is 1. The van der Waals surface area contributed by atoms with Gasteiger partial charge in [0.05, 0.1) is 18.7 Å². The van der Waals surface area contributed by atoms with Crippen LogP contribution in [-0.4, -0.2) is 24.9 Å². The number of carbonyl (C=O) groups is 3. The lowest BCUT2D eigenvalue weighted by molar-refractivity contribution is -0.141. The van der Waals surface area contributed by atoms with Crippen LogP contribution < -0.4 is 14.4 Å². The molecular formula is C25H19NO5. The third-order valence-corrected chi connectivity index (χ3v) is 6.05. The van der Waals surface area contributed by atoms with Crippen molar-refractivity contribution in [1.82, 2.24) is 0 Å². The highest BCUT2D eigenvalue weighted by Crippen LogP contribution is 2.53. The molecule has 154 valence electrons. The number of para-hydroxylation sites is 1. The summed E-state index contributed by atoms with van der Waals surface area (Å²) in [6.07, 6.45) is -0.103. The van der Waals surface area contributed by atoms with E-state index >= 15 is 0 Å². The number of nitrogens with zero attached hydrogens (tertiary/aromatic N) is 1. The van der Waals surface area contributed by atoms with Crippen molar-refractivity contribution in [3.8, 4) is 11.5 Å². The van der Waals surface area contributed by atoms with Gasteiger partial charge in [0.25, 0.3) is 0 Å². The number of methoxy groups -OCH3 is 1. The Morgan fingerprint density at radius 1 is 0.935 bits per heavy atom. The van der Waals surface area contributed by atoms with Gasteiger partial charge in [-0.15, -0.1) is 0 Å². The van der Waals surface area contributed by atoms with E-state index in [4.69, 9.17) is 9.47 Å². The molecule has 0 aromatic heterocycles. The first-order valence-electron chi connectivity index (χ1n) is 9.95. The number of rotatable bonds is 4. The van der Waals surface area contributed by atoms with Crippen LogP contribution in [0.25, 0.3) is 0 Å². The van der Waals surface area contributed by atoms with E-state index < -0.39 is 23.2 Å². The Morgan fingerprint density at radius 2 is 1.61 bits per heavy atom. The number of carbonyl (C=O) groups excluding carboxylic acids is 3. The molecule has 1 saturated heterocycles. The fourth-order valence-corrected chi connectivity index (χ4v) is 4.65. The van der Waals surface area contributed by atoms with Gasteiger partial charge in [0.2, 0.25) is 11.8 Å². The van der Waals surface area contributed by atoms with Gasteiger partial charge in [-0.2, -0.15) is 0 Å². The first kappa shape index (κ1) is 19.1. The average Bonchev–Trinajstić information content (AvgIpc) is 3.26. The quantitative estimate of drug-likeness (QED) is 0.372. The summed E-state index contributed by atoms with van der Waals surface area (Å²) in [4.78, 5) is 41.3. The third kappa shape index (κ3) is 2.68. The number of fused-ring (bicyclic) bond motifs is 1. The first-order valence-corrected chi connectivity index (χ1v) is 9.95. The summed E-state index contributed by atoms with van der Waals surface area (Å²) in [5.74, 6) is -1.37. The Bertz CT molecular complexity index is 1190. The zero-order valence-electron chi connectivity index (χ0n) is 16.8. The number of imide groups is 1. The van der Waals surface area contributed by atoms with E-state index in [1.54, 1.807) is 66.7 Å². The summed E-state index contributed by atoms with van der Waals surface area (Å²) in [7, 11) is 1.53. The third-order valence-electron chi connectivity index (χ3n) is 6.05. The molecule has 0 unspecified atom stereocenters. The van der Waals surface area contributed by atoms with Crippen LogP contribution in [0.5, 0.6) is 11.5 Å². The Hall–Kier alpha value is -3.93. The van der Waals surface area contributed by atoms with Gasteiger partial charge in [-0.1, -0.05) is 48.5 Å². The molecule has 6 nitrogen and oxygen atoms in total. The summed E-state index contributed by atoms with van der Waals surface area (Å²) >= 11 is 0. The highest BCUT2D eigenvalue weighted by molar-refractivity contribution is 6.23. The van der Waals surface area contributed by atoms with Crippen molar-refractivity contribution in [1.29, 1.82) is 0 Å². The first-order chi connectivity index (χ1) is 15.1. The number of benzene rings is 3.